The zero-order chi connectivity index (χ0) is 24.3. The number of sulfonamides is 1. The highest BCUT2D eigenvalue weighted by Gasteiger charge is 2.32. The Morgan fingerprint density at radius 2 is 1.76 bits per heavy atom. The van der Waals surface area contributed by atoms with E-state index in [1.807, 2.05) is 42.7 Å². The van der Waals surface area contributed by atoms with Gasteiger partial charge in [0.05, 0.1) is 28.1 Å². The number of amides is 1. The highest BCUT2D eigenvalue weighted by molar-refractivity contribution is 7.89. The number of benzene rings is 2. The van der Waals surface area contributed by atoms with Crippen molar-refractivity contribution in [1.29, 1.82) is 0 Å². The summed E-state index contributed by atoms with van der Waals surface area (Å²) in [7, 11) is -3.62. The van der Waals surface area contributed by atoms with Crippen LogP contribution in [0.2, 0.25) is 0 Å². The van der Waals surface area contributed by atoms with Crippen LogP contribution >= 0.6 is 0 Å². The number of unbranched alkanes of at least 4 members (excludes halogenated alkanes) is 1. The second kappa shape index (κ2) is 10.2. The Bertz CT molecular complexity index is 1240. The first-order valence-electron chi connectivity index (χ1n) is 11.8. The maximum atomic E-state index is 13.0. The lowest BCUT2D eigenvalue weighted by Crippen LogP contribution is -2.48. The zero-order valence-electron chi connectivity index (χ0n) is 19.9. The fraction of sp³-hybridized carbons (Fsp3) is 0.440. The predicted octanol–water partition coefficient (Wildman–Crippen LogP) is 3.82. The molecule has 2 heterocycles. The summed E-state index contributed by atoms with van der Waals surface area (Å²) in [4.78, 5) is 17.8. The highest BCUT2D eigenvalue weighted by atomic mass is 32.2. The van der Waals surface area contributed by atoms with Crippen LogP contribution in [0.1, 0.15) is 39.4 Å². The third-order valence-electron chi connectivity index (χ3n) is 5.95. The van der Waals surface area contributed by atoms with Gasteiger partial charge in [0.1, 0.15) is 12.4 Å². The minimum atomic E-state index is -3.62. The standard InChI is InChI=1S/C25H32N4O4S/c1-4-5-10-24-27-22-8-6-7-9-23(22)29(24)17-25(30)26-20-11-13-21(14-12-20)34(31,32)28-15-18(2)33-19(3)16-28/h6-9,11-14,18-19H,4-5,10,15-17H2,1-3H3,(H,26,30)/t18-,19-/m1/s1. The Morgan fingerprint density at radius 1 is 1.09 bits per heavy atom. The number of nitrogens with zero attached hydrogens (tertiary/aromatic N) is 3. The number of imidazole rings is 1. The van der Waals surface area contributed by atoms with Crippen LogP contribution in [0.3, 0.4) is 0 Å². The molecule has 2 aromatic carbocycles. The van der Waals surface area contributed by atoms with Gasteiger partial charge in [-0.15, -0.1) is 0 Å². The molecule has 1 saturated heterocycles. The Morgan fingerprint density at radius 3 is 2.44 bits per heavy atom. The third kappa shape index (κ3) is 5.32. The molecule has 34 heavy (non-hydrogen) atoms. The van der Waals surface area contributed by atoms with Gasteiger partial charge in [-0.05, 0) is 56.7 Å². The van der Waals surface area contributed by atoms with E-state index in [9.17, 15) is 13.2 Å². The molecule has 2 atom stereocenters. The van der Waals surface area contributed by atoms with E-state index < -0.39 is 10.0 Å². The van der Waals surface area contributed by atoms with E-state index in [-0.39, 0.29) is 29.6 Å². The number of anilines is 1. The maximum Gasteiger partial charge on any atom is 0.244 e. The minimum Gasteiger partial charge on any atom is -0.373 e. The highest BCUT2D eigenvalue weighted by Crippen LogP contribution is 2.23. The monoisotopic (exact) mass is 484 g/mol. The summed E-state index contributed by atoms with van der Waals surface area (Å²) in [5.41, 5.74) is 2.36. The molecular formula is C25H32N4O4S. The first-order valence-corrected chi connectivity index (χ1v) is 13.2. The Labute approximate surface area is 201 Å². The topological polar surface area (TPSA) is 93.5 Å². The van der Waals surface area contributed by atoms with E-state index in [4.69, 9.17) is 9.72 Å². The average Bonchev–Trinajstić information content (AvgIpc) is 3.14. The van der Waals surface area contributed by atoms with Crippen LogP contribution in [0.15, 0.2) is 53.4 Å². The van der Waals surface area contributed by atoms with Gasteiger partial charge < -0.3 is 14.6 Å². The fourth-order valence-electron chi connectivity index (χ4n) is 4.36. The van der Waals surface area contributed by atoms with Crippen molar-refractivity contribution in [2.45, 2.75) is 63.7 Å². The Hall–Kier alpha value is -2.75. The largest absolute Gasteiger partial charge is 0.373 e. The van der Waals surface area contributed by atoms with Crippen molar-refractivity contribution in [2.75, 3.05) is 18.4 Å². The molecule has 9 heteroatoms. The first kappa shape index (κ1) is 24.4. The lowest BCUT2D eigenvalue weighted by atomic mass is 10.2. The molecule has 1 amide bonds. The average molecular weight is 485 g/mol. The lowest BCUT2D eigenvalue weighted by molar-refractivity contribution is -0.116. The summed E-state index contributed by atoms with van der Waals surface area (Å²) >= 11 is 0. The number of rotatable bonds is 8. The smallest absolute Gasteiger partial charge is 0.244 e. The third-order valence-corrected chi connectivity index (χ3v) is 7.80. The summed E-state index contributed by atoms with van der Waals surface area (Å²) in [5, 5.41) is 2.88. The van der Waals surface area contributed by atoms with E-state index in [1.165, 1.54) is 16.4 Å². The van der Waals surface area contributed by atoms with Gasteiger partial charge in [0.2, 0.25) is 15.9 Å². The summed E-state index contributed by atoms with van der Waals surface area (Å²) in [6, 6.07) is 14.1. The summed E-state index contributed by atoms with van der Waals surface area (Å²) in [5.74, 6) is 0.709. The second-order valence-corrected chi connectivity index (χ2v) is 10.8. The number of hydrogen-bond donors (Lipinski definition) is 1. The molecule has 0 spiro atoms. The number of hydrogen-bond acceptors (Lipinski definition) is 5. The lowest BCUT2D eigenvalue weighted by Gasteiger charge is -2.34. The molecule has 0 bridgehead atoms. The molecule has 8 nitrogen and oxygen atoms in total. The minimum absolute atomic E-state index is 0.142. The molecule has 0 radical (unpaired) electrons. The summed E-state index contributed by atoms with van der Waals surface area (Å²) in [6.07, 6.45) is 2.55. The number of aryl methyl sites for hydroxylation is 1. The van der Waals surface area contributed by atoms with Crippen LogP contribution in [-0.2, 0) is 32.5 Å². The molecule has 1 fully saturated rings. The molecule has 1 aliphatic rings. The van der Waals surface area contributed by atoms with Crippen molar-refractivity contribution in [3.63, 3.8) is 0 Å². The van der Waals surface area contributed by atoms with E-state index in [2.05, 4.69) is 12.2 Å². The molecule has 1 N–H and O–H groups in total. The normalized spacial score (nSPS) is 19.4. The van der Waals surface area contributed by atoms with Gasteiger partial charge in [-0.3, -0.25) is 4.79 Å². The predicted molar refractivity (Wildman–Crippen MR) is 132 cm³/mol. The van der Waals surface area contributed by atoms with E-state index in [0.717, 1.165) is 36.1 Å². The molecular weight excluding hydrogens is 452 g/mol. The Balaban J connectivity index is 1.47. The van der Waals surface area contributed by atoms with E-state index in [1.54, 1.807) is 12.1 Å². The van der Waals surface area contributed by atoms with Crippen LogP contribution in [0, 0.1) is 0 Å². The maximum absolute atomic E-state index is 13.0. The van der Waals surface area contributed by atoms with Crippen molar-refractivity contribution < 1.29 is 17.9 Å². The summed E-state index contributed by atoms with van der Waals surface area (Å²) in [6.45, 7) is 6.66. The van der Waals surface area contributed by atoms with Gasteiger partial charge in [-0.1, -0.05) is 25.5 Å². The van der Waals surface area contributed by atoms with Gasteiger partial charge in [-0.2, -0.15) is 4.31 Å². The number of carbonyl (C=O) groups is 1. The van der Waals surface area contributed by atoms with Gasteiger partial charge in [-0.25, -0.2) is 13.4 Å². The van der Waals surface area contributed by atoms with E-state index >= 15 is 0 Å². The van der Waals surface area contributed by atoms with Crippen molar-refractivity contribution in [3.8, 4) is 0 Å². The molecule has 182 valence electrons. The number of aromatic nitrogens is 2. The molecule has 0 saturated carbocycles. The number of nitrogens with one attached hydrogen (secondary N) is 1. The number of carbonyl (C=O) groups excluding carboxylic acids is 1. The summed E-state index contributed by atoms with van der Waals surface area (Å²) < 4.78 is 35.2. The molecule has 1 aliphatic heterocycles. The van der Waals surface area contributed by atoms with Crippen molar-refractivity contribution >= 4 is 32.7 Å². The SMILES string of the molecule is CCCCc1nc2ccccc2n1CC(=O)Nc1ccc(S(=O)(=O)N2C[C@@H](C)O[C@H](C)C2)cc1. The quantitative estimate of drug-likeness (QED) is 0.525. The number of ether oxygens (including phenoxy) is 1. The van der Waals surface area contributed by atoms with Crippen LogP contribution in [-0.4, -0.2) is 53.5 Å². The van der Waals surface area contributed by atoms with Crippen LogP contribution in [0.5, 0.6) is 0 Å². The van der Waals surface area contributed by atoms with Crippen molar-refractivity contribution in [2.24, 2.45) is 0 Å². The van der Waals surface area contributed by atoms with Crippen LogP contribution < -0.4 is 5.32 Å². The number of para-hydroxylation sites is 2. The number of fused-ring (bicyclic) bond motifs is 1. The van der Waals surface area contributed by atoms with Crippen LogP contribution in [0.25, 0.3) is 11.0 Å². The Kier molecular flexibility index (Phi) is 7.35. The fourth-order valence-corrected chi connectivity index (χ4v) is 5.95. The van der Waals surface area contributed by atoms with E-state index in [0.29, 0.717) is 18.8 Å². The molecule has 0 aliphatic carbocycles. The van der Waals surface area contributed by atoms with Crippen molar-refractivity contribution in [1.82, 2.24) is 13.9 Å². The first-order chi connectivity index (χ1) is 16.3. The molecule has 1 aromatic heterocycles. The van der Waals surface area contributed by atoms with Gasteiger partial charge in [0.15, 0.2) is 0 Å². The second-order valence-electron chi connectivity index (χ2n) is 8.86. The van der Waals surface area contributed by atoms with Gasteiger partial charge in [0.25, 0.3) is 0 Å². The van der Waals surface area contributed by atoms with Crippen molar-refractivity contribution in [3.05, 3.63) is 54.4 Å². The van der Waals surface area contributed by atoms with Gasteiger partial charge in [0, 0.05) is 25.2 Å². The molecule has 4 rings (SSSR count). The number of morpholine rings is 1. The van der Waals surface area contributed by atoms with Crippen LogP contribution in [0.4, 0.5) is 5.69 Å². The van der Waals surface area contributed by atoms with Gasteiger partial charge >= 0.3 is 0 Å². The molecule has 0 unspecified atom stereocenters. The zero-order valence-corrected chi connectivity index (χ0v) is 20.7. The molecule has 3 aromatic rings.